The molecule has 0 bridgehead atoms. The quantitative estimate of drug-likeness (QED) is 0.772. The molecule has 0 aromatic carbocycles. The van der Waals surface area contributed by atoms with Crippen molar-refractivity contribution in [3.05, 3.63) is 0 Å². The van der Waals surface area contributed by atoms with E-state index in [-0.39, 0.29) is 5.91 Å². The number of nitrogens with zero attached hydrogens (tertiary/aromatic N) is 2. The van der Waals surface area contributed by atoms with Crippen molar-refractivity contribution in [3.8, 4) is 0 Å². The molecule has 1 fully saturated rings. The highest BCUT2D eigenvalue weighted by Gasteiger charge is 2.32. The zero-order valence-electron chi connectivity index (χ0n) is 12.7. The first-order valence-corrected chi connectivity index (χ1v) is 7.31. The SMILES string of the molecule is CCCC(C)(N)C(=O)N1CCCN(CCOC)CC1. The largest absolute Gasteiger partial charge is 0.383 e. The number of carbonyl (C=O) groups is 1. The van der Waals surface area contributed by atoms with Crippen molar-refractivity contribution in [3.63, 3.8) is 0 Å². The standard InChI is InChI=1S/C14H29N3O2/c1-4-6-14(2,15)13(18)17-8-5-7-16(9-10-17)11-12-19-3/h4-12,15H2,1-3H3. The van der Waals surface area contributed by atoms with Crippen LogP contribution in [-0.4, -0.2) is 67.7 Å². The summed E-state index contributed by atoms with van der Waals surface area (Å²) >= 11 is 0. The molecule has 5 heteroatoms. The Bertz CT molecular complexity index is 282. The number of methoxy groups -OCH3 is 1. The van der Waals surface area contributed by atoms with Crippen LogP contribution in [0.2, 0.25) is 0 Å². The second-order valence-corrected chi connectivity index (χ2v) is 5.65. The average molecular weight is 271 g/mol. The molecule has 1 unspecified atom stereocenters. The van der Waals surface area contributed by atoms with Gasteiger partial charge in [-0.25, -0.2) is 0 Å². The van der Waals surface area contributed by atoms with Gasteiger partial charge < -0.3 is 15.4 Å². The molecule has 1 heterocycles. The Labute approximate surface area is 117 Å². The van der Waals surface area contributed by atoms with E-state index in [1.165, 1.54) is 0 Å². The van der Waals surface area contributed by atoms with Crippen molar-refractivity contribution in [1.29, 1.82) is 0 Å². The molecule has 1 saturated heterocycles. The normalized spacial score (nSPS) is 20.9. The average Bonchev–Trinajstić information content (AvgIpc) is 2.60. The molecule has 0 aromatic heterocycles. The van der Waals surface area contributed by atoms with Gasteiger partial charge in [-0.15, -0.1) is 0 Å². The molecule has 0 saturated carbocycles. The van der Waals surface area contributed by atoms with E-state index in [0.29, 0.717) is 0 Å². The topological polar surface area (TPSA) is 58.8 Å². The van der Waals surface area contributed by atoms with E-state index in [2.05, 4.69) is 11.8 Å². The van der Waals surface area contributed by atoms with Crippen molar-refractivity contribution in [2.45, 2.75) is 38.6 Å². The minimum Gasteiger partial charge on any atom is -0.383 e. The van der Waals surface area contributed by atoms with Crippen LogP contribution in [0.15, 0.2) is 0 Å². The van der Waals surface area contributed by atoms with Crippen LogP contribution in [0.5, 0.6) is 0 Å². The minimum absolute atomic E-state index is 0.0999. The third kappa shape index (κ3) is 5.09. The molecular weight excluding hydrogens is 242 g/mol. The van der Waals surface area contributed by atoms with Gasteiger partial charge in [0.05, 0.1) is 12.1 Å². The van der Waals surface area contributed by atoms with Crippen molar-refractivity contribution in [2.75, 3.05) is 46.4 Å². The molecule has 1 aliphatic heterocycles. The summed E-state index contributed by atoms with van der Waals surface area (Å²) in [5.74, 6) is 0.0999. The summed E-state index contributed by atoms with van der Waals surface area (Å²) in [6, 6.07) is 0. The highest BCUT2D eigenvalue weighted by atomic mass is 16.5. The molecule has 19 heavy (non-hydrogen) atoms. The first-order chi connectivity index (χ1) is 9.01. The van der Waals surface area contributed by atoms with E-state index < -0.39 is 5.54 Å². The molecule has 1 rings (SSSR count). The predicted molar refractivity (Wildman–Crippen MR) is 77.0 cm³/mol. The first kappa shape index (κ1) is 16.4. The lowest BCUT2D eigenvalue weighted by atomic mass is 9.95. The second kappa shape index (κ2) is 7.82. The van der Waals surface area contributed by atoms with Gasteiger partial charge in [0.2, 0.25) is 5.91 Å². The van der Waals surface area contributed by atoms with Crippen LogP contribution in [0.3, 0.4) is 0 Å². The number of carbonyl (C=O) groups excluding carboxylic acids is 1. The van der Waals surface area contributed by atoms with E-state index in [9.17, 15) is 4.79 Å². The number of ether oxygens (including phenoxy) is 1. The fourth-order valence-electron chi connectivity index (χ4n) is 2.61. The van der Waals surface area contributed by atoms with E-state index >= 15 is 0 Å². The summed E-state index contributed by atoms with van der Waals surface area (Å²) in [7, 11) is 1.72. The van der Waals surface area contributed by atoms with Gasteiger partial charge >= 0.3 is 0 Å². The fraction of sp³-hybridized carbons (Fsp3) is 0.929. The molecule has 1 aliphatic rings. The molecule has 0 radical (unpaired) electrons. The summed E-state index contributed by atoms with van der Waals surface area (Å²) in [6.45, 7) is 9.14. The number of hydrogen-bond donors (Lipinski definition) is 1. The summed E-state index contributed by atoms with van der Waals surface area (Å²) in [6.07, 6.45) is 2.69. The Balaban J connectivity index is 2.50. The van der Waals surface area contributed by atoms with Gasteiger partial charge in [0.1, 0.15) is 0 Å². The number of rotatable bonds is 6. The molecule has 1 amide bonds. The molecule has 0 aliphatic carbocycles. The molecule has 2 N–H and O–H groups in total. The van der Waals surface area contributed by atoms with Crippen molar-refractivity contribution < 1.29 is 9.53 Å². The van der Waals surface area contributed by atoms with Gasteiger partial charge in [0.15, 0.2) is 0 Å². The summed E-state index contributed by atoms with van der Waals surface area (Å²) < 4.78 is 5.10. The minimum atomic E-state index is -0.712. The van der Waals surface area contributed by atoms with E-state index in [1.807, 2.05) is 11.8 Å². The molecule has 0 aromatic rings. The first-order valence-electron chi connectivity index (χ1n) is 7.31. The Morgan fingerprint density at radius 1 is 1.32 bits per heavy atom. The fourth-order valence-corrected chi connectivity index (χ4v) is 2.61. The second-order valence-electron chi connectivity index (χ2n) is 5.65. The van der Waals surface area contributed by atoms with Gasteiger partial charge in [-0.3, -0.25) is 9.69 Å². The zero-order chi connectivity index (χ0) is 14.3. The van der Waals surface area contributed by atoms with Gasteiger partial charge in [-0.1, -0.05) is 13.3 Å². The van der Waals surface area contributed by atoms with Crippen LogP contribution in [0.4, 0.5) is 0 Å². The van der Waals surface area contributed by atoms with Gasteiger partial charge in [0, 0.05) is 33.3 Å². The third-order valence-corrected chi connectivity index (χ3v) is 3.75. The van der Waals surface area contributed by atoms with Crippen LogP contribution in [0.25, 0.3) is 0 Å². The Morgan fingerprint density at radius 3 is 2.68 bits per heavy atom. The maximum atomic E-state index is 12.4. The lowest BCUT2D eigenvalue weighted by molar-refractivity contribution is -0.136. The van der Waals surface area contributed by atoms with E-state index in [1.54, 1.807) is 7.11 Å². The van der Waals surface area contributed by atoms with Crippen LogP contribution in [-0.2, 0) is 9.53 Å². The van der Waals surface area contributed by atoms with E-state index in [4.69, 9.17) is 10.5 Å². The van der Waals surface area contributed by atoms with Crippen LogP contribution in [0.1, 0.15) is 33.1 Å². The lowest BCUT2D eigenvalue weighted by Crippen LogP contribution is -2.54. The van der Waals surface area contributed by atoms with Crippen molar-refractivity contribution in [1.82, 2.24) is 9.80 Å². The number of nitrogens with two attached hydrogens (primary N) is 1. The Hall–Kier alpha value is -0.650. The summed E-state index contributed by atoms with van der Waals surface area (Å²) in [5.41, 5.74) is 5.43. The highest BCUT2D eigenvalue weighted by Crippen LogP contribution is 2.14. The molecule has 1 atom stereocenters. The predicted octanol–water partition coefficient (Wildman–Crippen LogP) is 0.685. The molecular formula is C14H29N3O2. The Kier molecular flexibility index (Phi) is 6.75. The molecule has 0 spiro atoms. The molecule has 112 valence electrons. The van der Waals surface area contributed by atoms with Crippen molar-refractivity contribution >= 4 is 5.91 Å². The monoisotopic (exact) mass is 271 g/mol. The lowest BCUT2D eigenvalue weighted by Gasteiger charge is -2.31. The number of hydrogen-bond acceptors (Lipinski definition) is 4. The van der Waals surface area contributed by atoms with Crippen LogP contribution < -0.4 is 5.73 Å². The Morgan fingerprint density at radius 2 is 2.05 bits per heavy atom. The smallest absolute Gasteiger partial charge is 0.242 e. The van der Waals surface area contributed by atoms with Gasteiger partial charge in [-0.05, 0) is 26.3 Å². The zero-order valence-corrected chi connectivity index (χ0v) is 12.7. The summed E-state index contributed by atoms with van der Waals surface area (Å²) in [5, 5.41) is 0. The van der Waals surface area contributed by atoms with Crippen LogP contribution >= 0.6 is 0 Å². The van der Waals surface area contributed by atoms with Gasteiger partial charge in [-0.2, -0.15) is 0 Å². The highest BCUT2D eigenvalue weighted by molar-refractivity contribution is 5.85. The maximum Gasteiger partial charge on any atom is 0.242 e. The van der Waals surface area contributed by atoms with Gasteiger partial charge in [0.25, 0.3) is 0 Å². The van der Waals surface area contributed by atoms with Crippen molar-refractivity contribution in [2.24, 2.45) is 5.73 Å². The molecule has 5 nitrogen and oxygen atoms in total. The van der Waals surface area contributed by atoms with E-state index in [0.717, 1.165) is 58.6 Å². The summed E-state index contributed by atoms with van der Waals surface area (Å²) in [4.78, 5) is 16.7. The third-order valence-electron chi connectivity index (χ3n) is 3.75. The maximum absolute atomic E-state index is 12.4. The number of amides is 1. The van der Waals surface area contributed by atoms with Crippen LogP contribution in [0, 0.1) is 0 Å².